The molecule has 162 valence electrons. The first kappa shape index (κ1) is 21.7. The Balaban J connectivity index is 1.63. The number of rotatable bonds is 6. The predicted octanol–water partition coefficient (Wildman–Crippen LogP) is 4.37. The Morgan fingerprint density at radius 1 is 1.10 bits per heavy atom. The number of carbonyl (C=O) groups is 1. The van der Waals surface area contributed by atoms with Crippen molar-refractivity contribution in [3.63, 3.8) is 0 Å². The predicted molar refractivity (Wildman–Crippen MR) is 126 cm³/mol. The highest BCUT2D eigenvalue weighted by atomic mass is 32.2. The highest BCUT2D eigenvalue weighted by Gasteiger charge is 2.24. The number of benzene rings is 3. The normalized spacial score (nSPS) is 14.4. The van der Waals surface area contributed by atoms with Crippen LogP contribution in [0.4, 0.5) is 0 Å². The Hall–Kier alpha value is -2.54. The zero-order valence-corrected chi connectivity index (χ0v) is 18.8. The number of aromatic hydroxyl groups is 1. The van der Waals surface area contributed by atoms with E-state index in [1.807, 2.05) is 37.4 Å². The molecule has 0 atom stereocenters. The average molecular weight is 437 g/mol. The third-order valence-electron chi connectivity index (χ3n) is 5.69. The molecule has 6 heteroatoms. The lowest BCUT2D eigenvalue weighted by Gasteiger charge is -2.28. The Morgan fingerprint density at radius 3 is 2.52 bits per heavy atom. The van der Waals surface area contributed by atoms with Gasteiger partial charge in [0.05, 0.1) is 18.8 Å². The van der Waals surface area contributed by atoms with Gasteiger partial charge in [-0.05, 0) is 47.8 Å². The molecule has 0 unspecified atom stereocenters. The summed E-state index contributed by atoms with van der Waals surface area (Å²) in [6.07, 6.45) is 2.07. The summed E-state index contributed by atoms with van der Waals surface area (Å²) >= 11 is 1.73. The first-order valence-electron chi connectivity index (χ1n) is 10.5. The second-order valence-electron chi connectivity index (χ2n) is 7.90. The molecule has 0 aromatic heterocycles. The molecule has 4 rings (SSSR count). The molecule has 1 aliphatic rings. The van der Waals surface area contributed by atoms with E-state index in [2.05, 4.69) is 35.4 Å². The maximum absolute atomic E-state index is 13.1. The summed E-state index contributed by atoms with van der Waals surface area (Å²) in [5.74, 6) is -0.0529. The highest BCUT2D eigenvalue weighted by molar-refractivity contribution is 7.98. The van der Waals surface area contributed by atoms with Gasteiger partial charge in [0.2, 0.25) is 0 Å². The number of ether oxygens (including phenoxy) is 1. The number of phenols is 1. The van der Waals surface area contributed by atoms with Crippen molar-refractivity contribution in [2.45, 2.75) is 18.0 Å². The van der Waals surface area contributed by atoms with Crippen LogP contribution in [-0.4, -0.2) is 60.4 Å². The van der Waals surface area contributed by atoms with Gasteiger partial charge in [0.1, 0.15) is 5.75 Å². The molecule has 1 N–H and O–H groups in total. The molecule has 0 radical (unpaired) electrons. The van der Waals surface area contributed by atoms with Crippen LogP contribution in [0.2, 0.25) is 0 Å². The molecular weight excluding hydrogens is 408 g/mol. The number of fused-ring (bicyclic) bond motifs is 1. The van der Waals surface area contributed by atoms with E-state index in [1.54, 1.807) is 16.7 Å². The van der Waals surface area contributed by atoms with Crippen molar-refractivity contribution in [2.24, 2.45) is 0 Å². The zero-order chi connectivity index (χ0) is 21.8. The Morgan fingerprint density at radius 2 is 1.81 bits per heavy atom. The van der Waals surface area contributed by atoms with Gasteiger partial charge in [-0.2, -0.15) is 0 Å². The van der Waals surface area contributed by atoms with Crippen molar-refractivity contribution in [2.75, 3.05) is 39.6 Å². The molecule has 0 spiro atoms. The number of hydrogen-bond donors (Lipinski definition) is 1. The van der Waals surface area contributed by atoms with Crippen molar-refractivity contribution >= 4 is 28.4 Å². The highest BCUT2D eigenvalue weighted by Crippen LogP contribution is 2.33. The van der Waals surface area contributed by atoms with E-state index in [-0.39, 0.29) is 11.7 Å². The molecule has 1 aliphatic heterocycles. The summed E-state index contributed by atoms with van der Waals surface area (Å²) in [6.45, 7) is 3.46. The number of nitrogens with zero attached hydrogens (tertiary/aromatic N) is 2. The van der Waals surface area contributed by atoms with Gasteiger partial charge >= 0.3 is 0 Å². The second kappa shape index (κ2) is 9.73. The van der Waals surface area contributed by atoms with E-state index in [1.165, 1.54) is 10.5 Å². The molecule has 5 nitrogen and oxygen atoms in total. The second-order valence-corrected chi connectivity index (χ2v) is 8.78. The fourth-order valence-electron chi connectivity index (χ4n) is 4.04. The Kier molecular flexibility index (Phi) is 6.80. The lowest BCUT2D eigenvalue weighted by atomic mass is 9.98. The Labute approximate surface area is 187 Å². The van der Waals surface area contributed by atoms with Gasteiger partial charge in [-0.25, -0.2) is 0 Å². The van der Waals surface area contributed by atoms with Gasteiger partial charge in [0, 0.05) is 36.6 Å². The van der Waals surface area contributed by atoms with Crippen LogP contribution in [-0.2, 0) is 17.8 Å². The molecule has 3 aromatic carbocycles. The maximum atomic E-state index is 13.1. The lowest BCUT2D eigenvalue weighted by Crippen LogP contribution is -2.40. The molecule has 1 saturated heterocycles. The molecule has 1 amide bonds. The minimum atomic E-state index is -0.136. The number of amides is 1. The van der Waals surface area contributed by atoms with E-state index in [4.69, 9.17) is 4.74 Å². The standard InChI is InChI=1S/C25H28N2O3S/c1-26(16-18-7-9-20(31-2)10-8-18)17-23-21-6-4-3-5-19(21)15-22(24(23)28)25(29)27-11-13-30-14-12-27/h3-10,15,28H,11-14,16-17H2,1-2H3. The molecule has 0 saturated carbocycles. The first-order valence-corrected chi connectivity index (χ1v) is 11.7. The molecule has 31 heavy (non-hydrogen) atoms. The van der Waals surface area contributed by atoms with Crippen molar-refractivity contribution in [3.05, 3.63) is 71.3 Å². The van der Waals surface area contributed by atoms with Gasteiger partial charge in [-0.15, -0.1) is 11.8 Å². The topological polar surface area (TPSA) is 53.0 Å². The summed E-state index contributed by atoms with van der Waals surface area (Å²) < 4.78 is 5.37. The molecular formula is C25H28N2O3S. The fourth-order valence-corrected chi connectivity index (χ4v) is 4.45. The number of morpholine rings is 1. The minimum Gasteiger partial charge on any atom is -0.507 e. The van der Waals surface area contributed by atoms with E-state index >= 15 is 0 Å². The van der Waals surface area contributed by atoms with Crippen LogP contribution in [0.3, 0.4) is 0 Å². The SMILES string of the molecule is CSc1ccc(CN(C)Cc2c(O)c(C(=O)N3CCOCC3)cc3ccccc23)cc1. The summed E-state index contributed by atoms with van der Waals surface area (Å²) in [7, 11) is 2.03. The van der Waals surface area contributed by atoms with E-state index in [9.17, 15) is 9.90 Å². The number of thioether (sulfide) groups is 1. The first-order chi connectivity index (χ1) is 15.1. The van der Waals surface area contributed by atoms with Crippen LogP contribution in [0.1, 0.15) is 21.5 Å². The molecule has 0 aliphatic carbocycles. The quantitative estimate of drug-likeness (QED) is 0.582. The van der Waals surface area contributed by atoms with Crippen LogP contribution in [0, 0.1) is 0 Å². The zero-order valence-electron chi connectivity index (χ0n) is 18.0. The molecule has 1 fully saturated rings. The molecule has 3 aromatic rings. The lowest BCUT2D eigenvalue weighted by molar-refractivity contribution is 0.0301. The summed E-state index contributed by atoms with van der Waals surface area (Å²) in [4.78, 5) is 18.3. The third-order valence-corrected chi connectivity index (χ3v) is 6.44. The molecule has 0 bridgehead atoms. The molecule has 1 heterocycles. The van der Waals surface area contributed by atoms with Crippen LogP contribution in [0.15, 0.2) is 59.5 Å². The Bertz CT molecular complexity index is 1060. The van der Waals surface area contributed by atoms with Gasteiger partial charge in [0.15, 0.2) is 0 Å². The van der Waals surface area contributed by atoms with Gasteiger partial charge in [-0.3, -0.25) is 9.69 Å². The van der Waals surface area contributed by atoms with Crippen molar-refractivity contribution < 1.29 is 14.6 Å². The van der Waals surface area contributed by atoms with Gasteiger partial charge in [-0.1, -0.05) is 36.4 Å². The smallest absolute Gasteiger partial charge is 0.257 e. The minimum absolute atomic E-state index is 0.0831. The van der Waals surface area contributed by atoms with Gasteiger partial charge < -0.3 is 14.7 Å². The van der Waals surface area contributed by atoms with Crippen LogP contribution >= 0.6 is 11.8 Å². The third kappa shape index (κ3) is 4.87. The summed E-state index contributed by atoms with van der Waals surface area (Å²) in [6, 6.07) is 18.3. The average Bonchev–Trinajstić information content (AvgIpc) is 2.81. The maximum Gasteiger partial charge on any atom is 0.257 e. The summed E-state index contributed by atoms with van der Waals surface area (Å²) in [5.41, 5.74) is 2.37. The monoisotopic (exact) mass is 436 g/mol. The van der Waals surface area contributed by atoms with Gasteiger partial charge in [0.25, 0.3) is 5.91 Å². The van der Waals surface area contributed by atoms with E-state index in [0.29, 0.717) is 38.4 Å². The van der Waals surface area contributed by atoms with E-state index < -0.39 is 0 Å². The number of phenolic OH excluding ortho intramolecular Hbond substituents is 1. The van der Waals surface area contributed by atoms with Crippen LogP contribution < -0.4 is 0 Å². The van der Waals surface area contributed by atoms with Crippen LogP contribution in [0.5, 0.6) is 5.75 Å². The number of carbonyl (C=O) groups excluding carboxylic acids is 1. The van der Waals surface area contributed by atoms with Crippen molar-refractivity contribution in [1.29, 1.82) is 0 Å². The number of hydrogen-bond acceptors (Lipinski definition) is 5. The van der Waals surface area contributed by atoms with Crippen molar-refractivity contribution in [3.8, 4) is 5.75 Å². The van der Waals surface area contributed by atoms with Crippen LogP contribution in [0.25, 0.3) is 10.8 Å². The summed E-state index contributed by atoms with van der Waals surface area (Å²) in [5, 5.41) is 13.1. The fraction of sp³-hybridized carbons (Fsp3) is 0.320. The largest absolute Gasteiger partial charge is 0.507 e. The van der Waals surface area contributed by atoms with Crippen molar-refractivity contribution in [1.82, 2.24) is 9.80 Å². The van der Waals surface area contributed by atoms with E-state index in [0.717, 1.165) is 22.9 Å².